The van der Waals surface area contributed by atoms with E-state index in [0.717, 1.165) is 11.8 Å². The van der Waals surface area contributed by atoms with Crippen LogP contribution < -0.4 is 0 Å². The van der Waals surface area contributed by atoms with Gasteiger partial charge in [-0.25, -0.2) is 0 Å². The summed E-state index contributed by atoms with van der Waals surface area (Å²) in [7, 11) is 0. The first-order valence-electron chi connectivity index (χ1n) is 8.23. The smallest absolute Gasteiger partial charge is 0.116 e. The highest BCUT2D eigenvalue weighted by molar-refractivity contribution is 5.99. The van der Waals surface area contributed by atoms with Crippen LogP contribution in [0.25, 0.3) is 33.0 Å². The molecule has 0 fully saturated rings. The fourth-order valence-electron chi connectivity index (χ4n) is 3.91. The lowest BCUT2D eigenvalue weighted by atomic mass is 9.93. The molecule has 0 aliphatic heterocycles. The average Bonchev–Trinajstić information content (AvgIpc) is 3.01. The second kappa shape index (κ2) is 4.97. The Morgan fingerprint density at radius 2 is 1.54 bits per heavy atom. The Bertz CT molecular complexity index is 1080. The zero-order valence-electron chi connectivity index (χ0n) is 13.2. The van der Waals surface area contributed by atoms with Crippen molar-refractivity contribution in [2.75, 3.05) is 0 Å². The van der Waals surface area contributed by atoms with Crippen LogP contribution >= 0.6 is 0 Å². The number of rotatable bonds is 1. The van der Waals surface area contributed by atoms with Gasteiger partial charge in [0.15, 0.2) is 0 Å². The summed E-state index contributed by atoms with van der Waals surface area (Å²) < 4.78 is 0. The van der Waals surface area contributed by atoms with Gasteiger partial charge in [-0.05, 0) is 62.7 Å². The van der Waals surface area contributed by atoms with E-state index >= 15 is 0 Å². The van der Waals surface area contributed by atoms with E-state index in [0.29, 0.717) is 5.75 Å². The fraction of sp³-hybridized carbons (Fsp3) is 0.0435. The number of fused-ring (bicyclic) bond motifs is 5. The third-order valence-electron chi connectivity index (χ3n) is 4.99. The molecule has 0 aromatic heterocycles. The van der Waals surface area contributed by atoms with Crippen molar-refractivity contribution in [1.29, 1.82) is 0 Å². The van der Waals surface area contributed by atoms with Crippen molar-refractivity contribution < 1.29 is 5.11 Å². The number of hydrogen-bond acceptors (Lipinski definition) is 1. The molecule has 1 nitrogen and oxygen atoms in total. The van der Waals surface area contributed by atoms with E-state index in [-0.39, 0.29) is 0 Å². The lowest BCUT2D eigenvalue weighted by Crippen LogP contribution is -1.85. The van der Waals surface area contributed by atoms with Gasteiger partial charge in [0.25, 0.3) is 0 Å². The van der Waals surface area contributed by atoms with E-state index in [1.807, 2.05) is 12.1 Å². The van der Waals surface area contributed by atoms with Crippen LogP contribution in [0, 0.1) is 0 Å². The van der Waals surface area contributed by atoms with Gasteiger partial charge in [-0.1, -0.05) is 66.7 Å². The third kappa shape index (κ3) is 1.88. The molecule has 0 saturated heterocycles. The van der Waals surface area contributed by atoms with Crippen LogP contribution in [0.2, 0.25) is 0 Å². The first kappa shape index (κ1) is 13.4. The summed E-state index contributed by atoms with van der Waals surface area (Å²) in [5.74, 6) is 0.329. The predicted molar refractivity (Wildman–Crippen MR) is 99.3 cm³/mol. The monoisotopic (exact) mass is 308 g/mol. The Balaban J connectivity index is 1.82. The zero-order chi connectivity index (χ0) is 16.1. The van der Waals surface area contributed by atoms with Gasteiger partial charge in [-0.2, -0.15) is 0 Å². The summed E-state index contributed by atoms with van der Waals surface area (Å²) >= 11 is 0. The van der Waals surface area contributed by atoms with Crippen LogP contribution in [-0.4, -0.2) is 5.11 Å². The minimum Gasteiger partial charge on any atom is -0.508 e. The second-order valence-corrected chi connectivity index (χ2v) is 6.38. The molecule has 0 radical (unpaired) electrons. The maximum absolute atomic E-state index is 9.91. The van der Waals surface area contributed by atoms with Crippen LogP contribution in [0.4, 0.5) is 0 Å². The summed E-state index contributed by atoms with van der Waals surface area (Å²) in [6, 6.07) is 27.2. The number of phenols is 1. The average molecular weight is 308 g/mol. The minimum atomic E-state index is 0.329. The molecule has 0 spiro atoms. The maximum Gasteiger partial charge on any atom is 0.116 e. The van der Waals surface area contributed by atoms with Crippen LogP contribution in [0.15, 0.2) is 78.9 Å². The first-order valence-corrected chi connectivity index (χ1v) is 8.23. The molecule has 1 aliphatic rings. The fourth-order valence-corrected chi connectivity index (χ4v) is 3.91. The van der Waals surface area contributed by atoms with Crippen molar-refractivity contribution in [3.8, 4) is 28.0 Å². The molecule has 0 saturated carbocycles. The third-order valence-corrected chi connectivity index (χ3v) is 4.99. The predicted octanol–water partition coefficient (Wildman–Crippen LogP) is 5.78. The van der Waals surface area contributed by atoms with Gasteiger partial charge in [-0.3, -0.25) is 0 Å². The highest BCUT2D eigenvalue weighted by atomic mass is 16.3. The van der Waals surface area contributed by atoms with Crippen molar-refractivity contribution in [1.82, 2.24) is 0 Å². The van der Waals surface area contributed by atoms with Gasteiger partial charge in [-0.15, -0.1) is 0 Å². The molecular weight excluding hydrogens is 292 g/mol. The topological polar surface area (TPSA) is 20.2 Å². The van der Waals surface area contributed by atoms with Gasteiger partial charge >= 0.3 is 0 Å². The Morgan fingerprint density at radius 1 is 0.708 bits per heavy atom. The summed E-state index contributed by atoms with van der Waals surface area (Å²) in [6.07, 6.45) is 0.923. The highest BCUT2D eigenvalue weighted by Crippen LogP contribution is 2.45. The minimum absolute atomic E-state index is 0.329. The molecule has 0 atom stereocenters. The quantitative estimate of drug-likeness (QED) is 0.416. The molecule has 24 heavy (non-hydrogen) atoms. The number of aromatic hydroxyl groups is 1. The van der Waals surface area contributed by atoms with Crippen molar-refractivity contribution in [3.05, 3.63) is 90.0 Å². The molecule has 4 aromatic carbocycles. The summed E-state index contributed by atoms with van der Waals surface area (Å²) in [5.41, 5.74) is 7.85. The molecule has 4 aromatic rings. The molecule has 0 amide bonds. The Morgan fingerprint density at radius 3 is 2.42 bits per heavy atom. The lowest BCUT2D eigenvalue weighted by molar-refractivity contribution is 0.476. The van der Waals surface area contributed by atoms with Crippen molar-refractivity contribution in [2.45, 2.75) is 6.42 Å². The van der Waals surface area contributed by atoms with Crippen LogP contribution in [-0.2, 0) is 6.42 Å². The van der Waals surface area contributed by atoms with E-state index in [9.17, 15) is 5.11 Å². The normalized spacial score (nSPS) is 12.2. The van der Waals surface area contributed by atoms with Crippen LogP contribution in [0.1, 0.15) is 11.1 Å². The van der Waals surface area contributed by atoms with Crippen molar-refractivity contribution in [3.63, 3.8) is 0 Å². The SMILES string of the molecule is Oc1ccc2ccc3c(c2c1)Cc1cccc(-c2ccccc2)c1-3. The molecule has 1 aliphatic carbocycles. The molecule has 5 rings (SSSR count). The van der Waals surface area contributed by atoms with Gasteiger partial charge in [0.2, 0.25) is 0 Å². The summed E-state index contributed by atoms with van der Waals surface area (Å²) in [5, 5.41) is 12.2. The van der Waals surface area contributed by atoms with Crippen LogP contribution in [0.5, 0.6) is 5.75 Å². The van der Waals surface area contributed by atoms with Gasteiger partial charge < -0.3 is 5.11 Å². The van der Waals surface area contributed by atoms with E-state index in [4.69, 9.17) is 0 Å². The van der Waals surface area contributed by atoms with Crippen molar-refractivity contribution in [2.24, 2.45) is 0 Å². The molecule has 0 unspecified atom stereocenters. The standard InChI is InChI=1S/C23H16O/c24-18-11-9-16-10-12-20-22(21(16)14-18)13-17-7-4-8-19(23(17)20)15-5-2-1-3-6-15/h1-12,14,24H,13H2. The van der Waals surface area contributed by atoms with Gasteiger partial charge in [0.1, 0.15) is 5.75 Å². The van der Waals surface area contributed by atoms with Gasteiger partial charge in [0, 0.05) is 0 Å². The lowest BCUT2D eigenvalue weighted by Gasteiger charge is -2.11. The molecule has 0 heterocycles. The highest BCUT2D eigenvalue weighted by Gasteiger charge is 2.23. The van der Waals surface area contributed by atoms with E-state index in [2.05, 4.69) is 60.7 Å². The van der Waals surface area contributed by atoms with Gasteiger partial charge in [0.05, 0.1) is 0 Å². The van der Waals surface area contributed by atoms with Crippen molar-refractivity contribution >= 4 is 10.8 Å². The summed E-state index contributed by atoms with van der Waals surface area (Å²) in [4.78, 5) is 0. The molecular formula is C23H16O. The molecule has 114 valence electrons. The van der Waals surface area contributed by atoms with Crippen LogP contribution in [0.3, 0.4) is 0 Å². The molecule has 1 heteroatoms. The maximum atomic E-state index is 9.91. The largest absolute Gasteiger partial charge is 0.508 e. The Hall–Kier alpha value is -3.06. The van der Waals surface area contributed by atoms with E-state index in [1.54, 1.807) is 6.07 Å². The Labute approximate surface area is 140 Å². The number of benzene rings is 4. The number of phenolic OH excluding ortho intramolecular Hbond substituents is 1. The van der Waals surface area contributed by atoms with E-state index in [1.165, 1.54) is 38.8 Å². The van der Waals surface area contributed by atoms with E-state index < -0.39 is 0 Å². The Kier molecular flexibility index (Phi) is 2.77. The first-order chi connectivity index (χ1) is 11.8. The molecule has 1 N–H and O–H groups in total. The molecule has 0 bridgehead atoms. The zero-order valence-corrected chi connectivity index (χ0v) is 13.2. The number of hydrogen-bond donors (Lipinski definition) is 1. The second-order valence-electron chi connectivity index (χ2n) is 6.38. The summed E-state index contributed by atoms with van der Waals surface area (Å²) in [6.45, 7) is 0.